The molecule has 0 saturated heterocycles. The highest BCUT2D eigenvalue weighted by molar-refractivity contribution is 6.04. The van der Waals surface area contributed by atoms with Crippen molar-refractivity contribution in [2.24, 2.45) is 0 Å². The second-order valence-electron chi connectivity index (χ2n) is 4.94. The van der Waals surface area contributed by atoms with Crippen LogP contribution in [0, 0.1) is 20.8 Å². The van der Waals surface area contributed by atoms with Gasteiger partial charge in [0.15, 0.2) is 0 Å². The summed E-state index contributed by atoms with van der Waals surface area (Å²) in [5.41, 5.74) is 4.77. The Bertz CT molecular complexity index is 647. The molecular formula is C17H19NO2. The first-order valence-corrected chi connectivity index (χ1v) is 6.54. The Balaban J connectivity index is 2.21. The van der Waals surface area contributed by atoms with Gasteiger partial charge >= 0.3 is 0 Å². The Morgan fingerprint density at radius 3 is 2.30 bits per heavy atom. The normalized spacial score (nSPS) is 10.2. The quantitative estimate of drug-likeness (QED) is 0.918. The van der Waals surface area contributed by atoms with E-state index in [1.165, 1.54) is 5.56 Å². The average Bonchev–Trinajstić information content (AvgIpc) is 2.43. The molecular weight excluding hydrogens is 250 g/mol. The monoisotopic (exact) mass is 269 g/mol. The number of anilines is 1. The van der Waals surface area contributed by atoms with E-state index in [-0.39, 0.29) is 5.91 Å². The van der Waals surface area contributed by atoms with Gasteiger partial charge in [-0.1, -0.05) is 12.1 Å². The van der Waals surface area contributed by atoms with Gasteiger partial charge in [-0.15, -0.1) is 0 Å². The third kappa shape index (κ3) is 2.99. The molecule has 3 nitrogen and oxygen atoms in total. The van der Waals surface area contributed by atoms with Crippen LogP contribution in [0.5, 0.6) is 5.75 Å². The lowest BCUT2D eigenvalue weighted by molar-refractivity contribution is 0.102. The third-order valence-electron chi connectivity index (χ3n) is 3.44. The summed E-state index contributed by atoms with van der Waals surface area (Å²) in [5, 5.41) is 2.90. The predicted octanol–water partition coefficient (Wildman–Crippen LogP) is 3.87. The fourth-order valence-corrected chi connectivity index (χ4v) is 1.98. The van der Waals surface area contributed by atoms with Crippen LogP contribution in [0.25, 0.3) is 0 Å². The van der Waals surface area contributed by atoms with Crippen molar-refractivity contribution in [3.05, 3.63) is 58.7 Å². The lowest BCUT2D eigenvalue weighted by Gasteiger charge is -2.10. The summed E-state index contributed by atoms with van der Waals surface area (Å²) in [4.78, 5) is 12.2. The van der Waals surface area contributed by atoms with Crippen LogP contribution in [0.3, 0.4) is 0 Å². The summed E-state index contributed by atoms with van der Waals surface area (Å²) >= 11 is 0. The number of methoxy groups -OCH3 is 1. The van der Waals surface area contributed by atoms with Crippen LogP contribution >= 0.6 is 0 Å². The zero-order valence-electron chi connectivity index (χ0n) is 12.3. The van der Waals surface area contributed by atoms with E-state index in [2.05, 4.69) is 5.32 Å². The molecule has 0 aliphatic carbocycles. The van der Waals surface area contributed by atoms with Gasteiger partial charge in [0.1, 0.15) is 5.75 Å². The van der Waals surface area contributed by atoms with Crippen LogP contribution in [0.2, 0.25) is 0 Å². The Kier molecular flexibility index (Phi) is 4.08. The minimum atomic E-state index is -0.133. The molecule has 0 saturated carbocycles. The minimum absolute atomic E-state index is 0.133. The maximum absolute atomic E-state index is 12.2. The summed E-state index contributed by atoms with van der Waals surface area (Å²) in [5.74, 6) is 0.587. The molecule has 0 fully saturated rings. The lowest BCUT2D eigenvalue weighted by atomic mass is 10.1. The number of ether oxygens (including phenoxy) is 1. The zero-order valence-corrected chi connectivity index (χ0v) is 12.3. The van der Waals surface area contributed by atoms with E-state index in [1.807, 2.05) is 45.0 Å². The van der Waals surface area contributed by atoms with E-state index >= 15 is 0 Å². The molecule has 0 bridgehead atoms. The van der Waals surface area contributed by atoms with Crippen molar-refractivity contribution in [3.8, 4) is 5.75 Å². The standard InChI is InChI=1S/C17H19NO2/c1-11-6-8-15(9-13(11)3)18-17(19)14-7-5-12(2)16(10-14)20-4/h5-10H,1-4H3,(H,18,19). The molecule has 0 aliphatic heterocycles. The molecule has 0 heterocycles. The molecule has 2 aromatic carbocycles. The zero-order chi connectivity index (χ0) is 14.7. The Labute approximate surface area is 119 Å². The highest BCUT2D eigenvalue weighted by Gasteiger charge is 2.09. The van der Waals surface area contributed by atoms with Gasteiger partial charge in [-0.25, -0.2) is 0 Å². The number of aryl methyl sites for hydroxylation is 3. The van der Waals surface area contributed by atoms with Crippen molar-refractivity contribution in [1.82, 2.24) is 0 Å². The summed E-state index contributed by atoms with van der Waals surface area (Å²) in [6, 6.07) is 11.3. The van der Waals surface area contributed by atoms with Crippen LogP contribution in [0.4, 0.5) is 5.69 Å². The number of nitrogens with one attached hydrogen (secondary N) is 1. The van der Waals surface area contributed by atoms with Crippen molar-refractivity contribution in [1.29, 1.82) is 0 Å². The van der Waals surface area contributed by atoms with Crippen molar-refractivity contribution in [3.63, 3.8) is 0 Å². The molecule has 1 N–H and O–H groups in total. The Morgan fingerprint density at radius 2 is 1.65 bits per heavy atom. The molecule has 0 radical (unpaired) electrons. The van der Waals surface area contributed by atoms with Gasteiger partial charge < -0.3 is 10.1 Å². The molecule has 0 spiro atoms. The number of hydrogen-bond donors (Lipinski definition) is 1. The van der Waals surface area contributed by atoms with E-state index in [1.54, 1.807) is 19.2 Å². The summed E-state index contributed by atoms with van der Waals surface area (Å²) in [6.07, 6.45) is 0. The predicted molar refractivity (Wildman–Crippen MR) is 81.6 cm³/mol. The second kappa shape index (κ2) is 5.78. The SMILES string of the molecule is COc1cc(C(=O)Nc2ccc(C)c(C)c2)ccc1C. The molecule has 2 aromatic rings. The van der Waals surface area contributed by atoms with Gasteiger partial charge in [-0.2, -0.15) is 0 Å². The highest BCUT2D eigenvalue weighted by atomic mass is 16.5. The molecule has 2 rings (SSSR count). The van der Waals surface area contributed by atoms with E-state index < -0.39 is 0 Å². The van der Waals surface area contributed by atoms with Crippen molar-refractivity contribution < 1.29 is 9.53 Å². The van der Waals surface area contributed by atoms with Crippen molar-refractivity contribution >= 4 is 11.6 Å². The lowest BCUT2D eigenvalue weighted by Crippen LogP contribution is -2.12. The molecule has 0 atom stereocenters. The van der Waals surface area contributed by atoms with Gasteiger partial charge in [-0.3, -0.25) is 4.79 Å². The minimum Gasteiger partial charge on any atom is -0.496 e. The first kappa shape index (κ1) is 14.1. The summed E-state index contributed by atoms with van der Waals surface area (Å²) in [6.45, 7) is 6.02. The van der Waals surface area contributed by atoms with Crippen LogP contribution in [-0.2, 0) is 0 Å². The smallest absolute Gasteiger partial charge is 0.255 e. The molecule has 0 unspecified atom stereocenters. The second-order valence-corrected chi connectivity index (χ2v) is 4.94. The number of carbonyl (C=O) groups is 1. The fraction of sp³-hybridized carbons (Fsp3) is 0.235. The molecule has 0 aromatic heterocycles. The molecule has 1 amide bonds. The molecule has 0 aliphatic rings. The van der Waals surface area contributed by atoms with Gasteiger partial charge in [0.05, 0.1) is 7.11 Å². The number of amides is 1. The van der Waals surface area contributed by atoms with Crippen LogP contribution < -0.4 is 10.1 Å². The van der Waals surface area contributed by atoms with Gasteiger partial charge in [0.25, 0.3) is 5.91 Å². The van der Waals surface area contributed by atoms with E-state index in [9.17, 15) is 4.79 Å². The summed E-state index contributed by atoms with van der Waals surface area (Å²) in [7, 11) is 1.60. The maximum atomic E-state index is 12.2. The highest BCUT2D eigenvalue weighted by Crippen LogP contribution is 2.20. The number of benzene rings is 2. The number of rotatable bonds is 3. The average molecular weight is 269 g/mol. The first-order chi connectivity index (χ1) is 9.51. The van der Waals surface area contributed by atoms with Crippen molar-refractivity contribution in [2.75, 3.05) is 12.4 Å². The first-order valence-electron chi connectivity index (χ1n) is 6.54. The number of hydrogen-bond acceptors (Lipinski definition) is 2. The van der Waals surface area contributed by atoms with Crippen LogP contribution in [-0.4, -0.2) is 13.0 Å². The Hall–Kier alpha value is -2.29. The molecule has 104 valence electrons. The fourth-order valence-electron chi connectivity index (χ4n) is 1.98. The number of carbonyl (C=O) groups excluding carboxylic acids is 1. The van der Waals surface area contributed by atoms with E-state index in [4.69, 9.17) is 4.74 Å². The van der Waals surface area contributed by atoms with E-state index in [0.717, 1.165) is 22.6 Å². The largest absolute Gasteiger partial charge is 0.496 e. The summed E-state index contributed by atoms with van der Waals surface area (Å²) < 4.78 is 5.24. The molecule has 20 heavy (non-hydrogen) atoms. The third-order valence-corrected chi connectivity index (χ3v) is 3.44. The van der Waals surface area contributed by atoms with Crippen molar-refractivity contribution in [2.45, 2.75) is 20.8 Å². The van der Waals surface area contributed by atoms with Gasteiger partial charge in [0, 0.05) is 11.3 Å². The Morgan fingerprint density at radius 1 is 0.950 bits per heavy atom. The molecule has 3 heteroatoms. The van der Waals surface area contributed by atoms with Gasteiger partial charge in [0.2, 0.25) is 0 Å². The van der Waals surface area contributed by atoms with Crippen LogP contribution in [0.1, 0.15) is 27.0 Å². The maximum Gasteiger partial charge on any atom is 0.255 e. The van der Waals surface area contributed by atoms with E-state index in [0.29, 0.717) is 5.56 Å². The topological polar surface area (TPSA) is 38.3 Å². The van der Waals surface area contributed by atoms with Gasteiger partial charge in [-0.05, 0) is 61.7 Å². The van der Waals surface area contributed by atoms with Crippen LogP contribution in [0.15, 0.2) is 36.4 Å².